The summed E-state index contributed by atoms with van der Waals surface area (Å²) in [5.74, 6) is -1.62. The normalized spacial score (nSPS) is 10.7. The van der Waals surface area contributed by atoms with Crippen LogP contribution in [0.1, 0.15) is 35.7 Å². The van der Waals surface area contributed by atoms with Crippen LogP contribution >= 0.6 is 0 Å². The van der Waals surface area contributed by atoms with Crippen molar-refractivity contribution >= 4 is 5.78 Å². The van der Waals surface area contributed by atoms with Gasteiger partial charge in [0.15, 0.2) is 17.4 Å². The first-order valence-corrected chi connectivity index (χ1v) is 6.23. The summed E-state index contributed by atoms with van der Waals surface area (Å²) in [7, 11) is 0. The van der Waals surface area contributed by atoms with Crippen LogP contribution in [-0.4, -0.2) is 10.4 Å². The van der Waals surface area contributed by atoms with Crippen molar-refractivity contribution in [1.29, 1.82) is 0 Å². The van der Waals surface area contributed by atoms with Crippen LogP contribution in [0.2, 0.25) is 0 Å². The molecule has 0 unspecified atom stereocenters. The first kappa shape index (κ1) is 13.5. The van der Waals surface area contributed by atoms with Crippen molar-refractivity contribution in [2.75, 3.05) is 0 Å². The number of hydrogen-bond donors (Lipinski definition) is 0. The van der Waals surface area contributed by atoms with Gasteiger partial charge in [0.2, 0.25) is 0 Å². The Morgan fingerprint density at radius 2 is 2.05 bits per heavy atom. The molecule has 2 nitrogen and oxygen atoms in total. The summed E-state index contributed by atoms with van der Waals surface area (Å²) in [5.41, 5.74) is 0.878. The Hall–Kier alpha value is -1.97. The standard InChI is InChI=1S/C15H15F2NO/c1-2-4-14(19)11-7-8-18(9-11)10-12-5-3-6-13(16)15(12)17/h3,5-9H,2,4,10H2,1H3. The smallest absolute Gasteiger partial charge is 0.164 e. The first-order valence-electron chi connectivity index (χ1n) is 6.23. The van der Waals surface area contributed by atoms with E-state index in [1.54, 1.807) is 23.0 Å². The average molecular weight is 263 g/mol. The molecule has 0 atom stereocenters. The lowest BCUT2D eigenvalue weighted by Crippen LogP contribution is -2.02. The number of rotatable bonds is 5. The predicted molar refractivity (Wildman–Crippen MR) is 69.1 cm³/mol. The van der Waals surface area contributed by atoms with E-state index in [9.17, 15) is 13.6 Å². The van der Waals surface area contributed by atoms with E-state index in [0.717, 1.165) is 12.5 Å². The van der Waals surface area contributed by atoms with E-state index in [-0.39, 0.29) is 17.9 Å². The minimum absolute atomic E-state index is 0.0703. The molecule has 2 aromatic rings. The maximum atomic E-state index is 13.5. The maximum Gasteiger partial charge on any atom is 0.164 e. The van der Waals surface area contributed by atoms with Crippen molar-refractivity contribution in [2.24, 2.45) is 0 Å². The third-order valence-electron chi connectivity index (χ3n) is 2.93. The second-order valence-corrected chi connectivity index (χ2v) is 4.46. The average Bonchev–Trinajstić information content (AvgIpc) is 2.84. The van der Waals surface area contributed by atoms with Crippen LogP contribution in [0.15, 0.2) is 36.7 Å². The van der Waals surface area contributed by atoms with Gasteiger partial charge in [-0.25, -0.2) is 8.78 Å². The van der Waals surface area contributed by atoms with Crippen LogP contribution in [0.25, 0.3) is 0 Å². The highest BCUT2D eigenvalue weighted by molar-refractivity contribution is 5.95. The van der Waals surface area contributed by atoms with Crippen LogP contribution in [0.4, 0.5) is 8.78 Å². The van der Waals surface area contributed by atoms with E-state index in [0.29, 0.717) is 12.0 Å². The summed E-state index contributed by atoms with van der Waals surface area (Å²) in [5, 5.41) is 0. The monoisotopic (exact) mass is 263 g/mol. The molecule has 0 radical (unpaired) electrons. The van der Waals surface area contributed by atoms with Gasteiger partial charge in [-0.15, -0.1) is 0 Å². The van der Waals surface area contributed by atoms with Crippen LogP contribution in [0, 0.1) is 11.6 Å². The van der Waals surface area contributed by atoms with Gasteiger partial charge in [-0.05, 0) is 18.6 Å². The second-order valence-electron chi connectivity index (χ2n) is 4.46. The molecule has 0 bridgehead atoms. The van der Waals surface area contributed by atoms with Crippen molar-refractivity contribution in [3.63, 3.8) is 0 Å². The molecule has 0 aliphatic rings. The van der Waals surface area contributed by atoms with E-state index < -0.39 is 11.6 Å². The number of hydrogen-bond acceptors (Lipinski definition) is 1. The van der Waals surface area contributed by atoms with E-state index in [1.807, 2.05) is 6.92 Å². The molecule has 0 amide bonds. The number of Topliss-reactive ketones (excluding diaryl/α,β-unsaturated/α-hetero) is 1. The molecule has 0 spiro atoms. The van der Waals surface area contributed by atoms with Crippen LogP contribution in [0.3, 0.4) is 0 Å². The zero-order valence-corrected chi connectivity index (χ0v) is 10.7. The van der Waals surface area contributed by atoms with Crippen molar-refractivity contribution in [3.8, 4) is 0 Å². The lowest BCUT2D eigenvalue weighted by molar-refractivity contribution is 0.0981. The summed E-state index contributed by atoms with van der Waals surface area (Å²) >= 11 is 0. The fourth-order valence-corrected chi connectivity index (χ4v) is 1.94. The van der Waals surface area contributed by atoms with E-state index in [2.05, 4.69) is 0 Å². The Labute approximate surface area is 110 Å². The zero-order chi connectivity index (χ0) is 13.8. The molecule has 0 N–H and O–H groups in total. The highest BCUT2D eigenvalue weighted by atomic mass is 19.2. The maximum absolute atomic E-state index is 13.5. The van der Waals surface area contributed by atoms with Gasteiger partial charge in [0, 0.05) is 29.9 Å². The number of aromatic nitrogens is 1. The van der Waals surface area contributed by atoms with Gasteiger partial charge in [-0.3, -0.25) is 4.79 Å². The summed E-state index contributed by atoms with van der Waals surface area (Å²) < 4.78 is 28.3. The Morgan fingerprint density at radius 1 is 1.26 bits per heavy atom. The molecule has 100 valence electrons. The molecular weight excluding hydrogens is 248 g/mol. The minimum atomic E-state index is -0.855. The van der Waals surface area contributed by atoms with Crippen molar-refractivity contribution in [3.05, 3.63) is 59.4 Å². The van der Waals surface area contributed by atoms with Crippen LogP contribution < -0.4 is 0 Å². The van der Waals surface area contributed by atoms with E-state index in [1.165, 1.54) is 12.1 Å². The third kappa shape index (κ3) is 3.08. The van der Waals surface area contributed by atoms with Crippen LogP contribution in [-0.2, 0) is 6.54 Å². The summed E-state index contributed by atoms with van der Waals surface area (Å²) in [6, 6.07) is 5.80. The quantitative estimate of drug-likeness (QED) is 0.752. The topological polar surface area (TPSA) is 22.0 Å². The lowest BCUT2D eigenvalue weighted by Gasteiger charge is -2.05. The summed E-state index contributed by atoms with van der Waals surface area (Å²) in [6.45, 7) is 2.15. The molecule has 0 aliphatic heterocycles. The molecule has 1 aromatic heterocycles. The molecule has 1 aromatic carbocycles. The number of halogens is 2. The molecule has 19 heavy (non-hydrogen) atoms. The number of benzene rings is 1. The Balaban J connectivity index is 2.16. The summed E-state index contributed by atoms with van der Waals surface area (Å²) in [6.07, 6.45) is 4.66. The predicted octanol–water partition coefficient (Wildman–Crippen LogP) is 3.80. The molecular formula is C15H15F2NO. The summed E-state index contributed by atoms with van der Waals surface area (Å²) in [4.78, 5) is 11.7. The van der Waals surface area contributed by atoms with Gasteiger partial charge < -0.3 is 4.57 Å². The fourth-order valence-electron chi connectivity index (χ4n) is 1.94. The molecule has 0 fully saturated rings. The molecule has 0 aliphatic carbocycles. The van der Waals surface area contributed by atoms with Gasteiger partial charge in [0.05, 0.1) is 6.54 Å². The Kier molecular flexibility index (Phi) is 4.10. The highest BCUT2D eigenvalue weighted by Crippen LogP contribution is 2.14. The van der Waals surface area contributed by atoms with E-state index >= 15 is 0 Å². The molecule has 2 rings (SSSR count). The molecule has 4 heteroatoms. The molecule has 0 saturated carbocycles. The number of nitrogens with zero attached hydrogens (tertiary/aromatic N) is 1. The largest absolute Gasteiger partial charge is 0.349 e. The number of ketones is 1. The molecule has 0 saturated heterocycles. The van der Waals surface area contributed by atoms with Gasteiger partial charge in [-0.2, -0.15) is 0 Å². The minimum Gasteiger partial charge on any atom is -0.349 e. The van der Waals surface area contributed by atoms with Crippen molar-refractivity contribution in [1.82, 2.24) is 4.57 Å². The zero-order valence-electron chi connectivity index (χ0n) is 10.7. The van der Waals surface area contributed by atoms with Crippen molar-refractivity contribution in [2.45, 2.75) is 26.3 Å². The van der Waals surface area contributed by atoms with Gasteiger partial charge >= 0.3 is 0 Å². The molecule has 1 heterocycles. The SMILES string of the molecule is CCCC(=O)c1ccn(Cc2cccc(F)c2F)c1. The van der Waals surface area contributed by atoms with Crippen molar-refractivity contribution < 1.29 is 13.6 Å². The fraction of sp³-hybridized carbons (Fsp3) is 0.267. The van der Waals surface area contributed by atoms with Gasteiger partial charge in [-0.1, -0.05) is 19.1 Å². The Morgan fingerprint density at radius 3 is 2.79 bits per heavy atom. The van der Waals surface area contributed by atoms with Gasteiger partial charge in [0.1, 0.15) is 0 Å². The highest BCUT2D eigenvalue weighted by Gasteiger charge is 2.10. The number of carbonyl (C=O) groups excluding carboxylic acids is 1. The second kappa shape index (κ2) is 5.78. The lowest BCUT2D eigenvalue weighted by atomic mass is 10.1. The third-order valence-corrected chi connectivity index (χ3v) is 2.93. The number of carbonyl (C=O) groups is 1. The first-order chi connectivity index (χ1) is 9.11. The Bertz CT molecular complexity index is 590. The van der Waals surface area contributed by atoms with E-state index in [4.69, 9.17) is 0 Å². The van der Waals surface area contributed by atoms with Gasteiger partial charge in [0.25, 0.3) is 0 Å². The van der Waals surface area contributed by atoms with Crippen LogP contribution in [0.5, 0.6) is 0 Å².